The van der Waals surface area contributed by atoms with Crippen LogP contribution >= 0.6 is 10.3 Å². The van der Waals surface area contributed by atoms with Crippen molar-refractivity contribution in [2.75, 3.05) is 19.1 Å². The Hall–Kier alpha value is -0.220. The minimum Gasteiger partial charge on any atom is -0.351 e. The normalized spacial score (nSPS) is 24.1. The fraction of sp³-hybridized carbons (Fsp3) is 0.909. The third kappa shape index (κ3) is 3.38. The van der Waals surface area contributed by atoms with Gasteiger partial charge in [0, 0.05) is 12.6 Å². The number of carbonyl (C=O) groups excluding carboxylic acids is 1. The third-order valence-corrected chi connectivity index (χ3v) is 6.80. The minimum atomic E-state index is -1.05. The summed E-state index contributed by atoms with van der Waals surface area (Å²) < 4.78 is 6.18. The Morgan fingerprint density at radius 3 is 2.53 bits per heavy atom. The second kappa shape index (κ2) is 4.34. The van der Waals surface area contributed by atoms with Crippen LogP contribution in [0.2, 0.25) is 0 Å². The van der Waals surface area contributed by atoms with Gasteiger partial charge in [0.25, 0.3) is 0 Å². The maximum atomic E-state index is 11.0. The lowest BCUT2D eigenvalue weighted by Crippen LogP contribution is -2.33. The Balaban J connectivity index is 0.00000225. The van der Waals surface area contributed by atoms with E-state index in [1.54, 1.807) is 0 Å². The van der Waals surface area contributed by atoms with Crippen LogP contribution in [0.4, 0.5) is 0 Å². The summed E-state index contributed by atoms with van der Waals surface area (Å²) in [6, 6.07) is 0.228. The quantitative estimate of drug-likeness (QED) is 0.815. The number of hydrogen-bond acceptors (Lipinski definition) is 2. The SMILES string of the molecule is CC(C)(C)S(C)(C)OC[C@H]1CCC(=O)N1.[HH]. The van der Waals surface area contributed by atoms with Gasteiger partial charge >= 0.3 is 0 Å². The number of carbonyl (C=O) groups is 1. The lowest BCUT2D eigenvalue weighted by atomic mass is 10.2. The van der Waals surface area contributed by atoms with Gasteiger partial charge in [0.2, 0.25) is 5.91 Å². The highest BCUT2D eigenvalue weighted by Crippen LogP contribution is 2.53. The first kappa shape index (κ1) is 12.8. The second-order valence-corrected chi connectivity index (χ2v) is 9.36. The van der Waals surface area contributed by atoms with Crippen LogP contribution in [0.15, 0.2) is 0 Å². The summed E-state index contributed by atoms with van der Waals surface area (Å²) in [6.45, 7) is 7.27. The molecule has 4 heteroatoms. The van der Waals surface area contributed by atoms with Gasteiger partial charge in [-0.25, -0.2) is 0 Å². The van der Waals surface area contributed by atoms with Gasteiger partial charge < -0.3 is 9.50 Å². The summed E-state index contributed by atoms with van der Waals surface area (Å²) in [6.07, 6.45) is 5.94. The molecule has 0 aliphatic carbocycles. The number of nitrogens with one attached hydrogen (secondary N) is 1. The molecular weight excluding hydrogens is 210 g/mol. The summed E-state index contributed by atoms with van der Waals surface area (Å²) in [5, 5.41) is 2.93. The molecule has 0 aromatic heterocycles. The largest absolute Gasteiger partial charge is 0.351 e. The van der Waals surface area contributed by atoms with Crippen molar-refractivity contribution in [3.63, 3.8) is 0 Å². The van der Waals surface area contributed by atoms with Gasteiger partial charge in [-0.15, -0.1) is 10.3 Å². The minimum absolute atomic E-state index is 0. The van der Waals surface area contributed by atoms with Crippen LogP contribution in [-0.2, 0) is 8.98 Å². The standard InChI is InChI=1S/C11H23NO2S.H2/c1-11(2,3)15(4,5)14-8-9-6-7-10(13)12-9;/h9H,6-8H2,1-5H3,(H,12,13);1H/t9-;/m1./s1. The molecule has 0 spiro atoms. The summed E-state index contributed by atoms with van der Waals surface area (Å²) in [4.78, 5) is 11.0. The molecule has 1 aliphatic rings. The molecule has 1 rings (SSSR count). The highest BCUT2D eigenvalue weighted by Gasteiger charge is 2.30. The molecule has 0 unspecified atom stereocenters. The van der Waals surface area contributed by atoms with Crippen molar-refractivity contribution in [3.8, 4) is 0 Å². The molecule has 1 heterocycles. The highest BCUT2D eigenvalue weighted by atomic mass is 32.3. The van der Waals surface area contributed by atoms with E-state index in [-0.39, 0.29) is 18.1 Å². The molecule has 1 fully saturated rings. The van der Waals surface area contributed by atoms with Crippen molar-refractivity contribution in [3.05, 3.63) is 0 Å². The van der Waals surface area contributed by atoms with Crippen molar-refractivity contribution < 1.29 is 10.4 Å². The monoisotopic (exact) mass is 235 g/mol. The van der Waals surface area contributed by atoms with Crippen molar-refractivity contribution in [1.82, 2.24) is 5.32 Å². The van der Waals surface area contributed by atoms with E-state index in [0.29, 0.717) is 13.0 Å². The molecule has 0 aromatic rings. The first-order valence-corrected chi connectivity index (χ1v) is 7.76. The van der Waals surface area contributed by atoms with Gasteiger partial charge in [-0.3, -0.25) is 4.79 Å². The molecular formula is C11H25NO2S. The van der Waals surface area contributed by atoms with Gasteiger partial charge in [0.15, 0.2) is 0 Å². The number of amides is 1. The average Bonchev–Trinajstić information content (AvgIpc) is 2.46. The van der Waals surface area contributed by atoms with Crippen LogP contribution in [0.5, 0.6) is 0 Å². The Morgan fingerprint density at radius 2 is 2.13 bits per heavy atom. The van der Waals surface area contributed by atoms with Gasteiger partial charge in [0.1, 0.15) is 0 Å². The fourth-order valence-corrected chi connectivity index (χ4v) is 2.09. The Bertz CT molecular complexity index is 251. The summed E-state index contributed by atoms with van der Waals surface area (Å²) in [5.41, 5.74) is 0. The molecule has 1 atom stereocenters. The predicted octanol–water partition coefficient (Wildman–Crippen LogP) is 2.31. The molecule has 92 valence electrons. The predicted molar refractivity (Wildman–Crippen MR) is 68.4 cm³/mol. The third-order valence-electron chi connectivity index (χ3n) is 3.12. The fourth-order valence-electron chi connectivity index (χ4n) is 1.23. The lowest BCUT2D eigenvalue weighted by molar-refractivity contribution is -0.119. The Labute approximate surface area is 96.0 Å². The molecule has 0 saturated carbocycles. The van der Waals surface area contributed by atoms with Crippen molar-refractivity contribution in [2.24, 2.45) is 0 Å². The van der Waals surface area contributed by atoms with Gasteiger partial charge in [-0.2, -0.15) is 0 Å². The molecule has 1 N–H and O–H groups in total. The van der Waals surface area contributed by atoms with E-state index < -0.39 is 10.3 Å². The smallest absolute Gasteiger partial charge is 0.220 e. The van der Waals surface area contributed by atoms with Gasteiger partial charge in [-0.05, 0) is 18.9 Å². The summed E-state index contributed by atoms with van der Waals surface area (Å²) in [7, 11) is -1.05. The van der Waals surface area contributed by atoms with E-state index in [2.05, 4.69) is 38.6 Å². The van der Waals surface area contributed by atoms with Crippen molar-refractivity contribution >= 4 is 16.2 Å². The van der Waals surface area contributed by atoms with Crippen LogP contribution < -0.4 is 5.32 Å². The average molecular weight is 235 g/mol. The first-order chi connectivity index (χ1) is 6.72. The maximum absolute atomic E-state index is 11.0. The lowest BCUT2D eigenvalue weighted by Gasteiger charge is -2.44. The molecule has 0 bridgehead atoms. The molecule has 1 amide bonds. The van der Waals surface area contributed by atoms with Crippen LogP contribution in [-0.4, -0.2) is 35.8 Å². The topological polar surface area (TPSA) is 38.3 Å². The molecule has 1 aliphatic heterocycles. The molecule has 3 nitrogen and oxygen atoms in total. The molecule has 1 saturated heterocycles. The van der Waals surface area contributed by atoms with E-state index >= 15 is 0 Å². The second-order valence-electron chi connectivity index (χ2n) is 5.43. The summed E-state index contributed by atoms with van der Waals surface area (Å²) in [5.74, 6) is 0.159. The van der Waals surface area contributed by atoms with Crippen LogP contribution in [0.1, 0.15) is 35.0 Å². The van der Waals surface area contributed by atoms with Gasteiger partial charge in [-0.1, -0.05) is 20.8 Å². The first-order valence-electron chi connectivity index (χ1n) is 5.39. The molecule has 0 aromatic carbocycles. The van der Waals surface area contributed by atoms with Crippen LogP contribution in [0.25, 0.3) is 0 Å². The van der Waals surface area contributed by atoms with Crippen LogP contribution in [0.3, 0.4) is 0 Å². The number of rotatable bonds is 3. The van der Waals surface area contributed by atoms with Crippen molar-refractivity contribution in [2.45, 2.75) is 44.4 Å². The van der Waals surface area contributed by atoms with E-state index in [0.717, 1.165) is 6.42 Å². The zero-order valence-corrected chi connectivity index (χ0v) is 11.2. The zero-order valence-electron chi connectivity index (χ0n) is 10.4. The van der Waals surface area contributed by atoms with E-state index in [4.69, 9.17) is 4.18 Å². The maximum Gasteiger partial charge on any atom is 0.220 e. The van der Waals surface area contributed by atoms with Gasteiger partial charge in [0.05, 0.1) is 12.6 Å². The number of hydrogen-bond donors (Lipinski definition) is 1. The van der Waals surface area contributed by atoms with E-state index in [9.17, 15) is 4.79 Å². The van der Waals surface area contributed by atoms with E-state index in [1.807, 2.05) is 0 Å². The highest BCUT2D eigenvalue weighted by molar-refractivity contribution is 8.29. The summed E-state index contributed by atoms with van der Waals surface area (Å²) >= 11 is 0. The Morgan fingerprint density at radius 1 is 1.53 bits per heavy atom. The van der Waals surface area contributed by atoms with Crippen molar-refractivity contribution in [1.29, 1.82) is 0 Å². The molecule has 15 heavy (non-hydrogen) atoms. The van der Waals surface area contributed by atoms with E-state index in [1.165, 1.54) is 0 Å². The van der Waals surface area contributed by atoms with Crippen LogP contribution in [0, 0.1) is 0 Å². The zero-order chi connectivity index (χ0) is 11.7. The Kier molecular flexibility index (Phi) is 3.71. The molecule has 0 radical (unpaired) electrons.